The van der Waals surface area contributed by atoms with Gasteiger partial charge in [-0.15, -0.1) is 0 Å². The highest BCUT2D eigenvalue weighted by Gasteiger charge is 2.30. The van der Waals surface area contributed by atoms with Crippen LogP contribution in [0.15, 0.2) is 0 Å². The first-order chi connectivity index (χ1) is 6.29. The number of carbonyl (C=O) groups is 1. The highest BCUT2D eigenvalue weighted by Crippen LogP contribution is 2.31. The van der Waals surface area contributed by atoms with E-state index in [4.69, 9.17) is 9.84 Å². The Labute approximate surface area is 79.1 Å². The smallest absolute Gasteiger partial charge is 0.311 e. The van der Waals surface area contributed by atoms with Crippen LogP contribution in [0.25, 0.3) is 0 Å². The zero-order valence-corrected chi connectivity index (χ0v) is 8.16. The second kappa shape index (κ2) is 5.22. The second-order valence-corrected chi connectivity index (χ2v) is 3.59. The predicted molar refractivity (Wildman–Crippen MR) is 49.2 cm³/mol. The molecule has 0 radical (unpaired) electrons. The van der Waals surface area contributed by atoms with Crippen molar-refractivity contribution in [3.05, 3.63) is 0 Å². The Hall–Kier alpha value is -0.570. The summed E-state index contributed by atoms with van der Waals surface area (Å²) in [5, 5.41) is 9.08. The van der Waals surface area contributed by atoms with Gasteiger partial charge >= 0.3 is 5.97 Å². The molecule has 0 heterocycles. The van der Waals surface area contributed by atoms with E-state index < -0.39 is 0 Å². The number of aliphatic hydroxyl groups is 1. The van der Waals surface area contributed by atoms with Crippen molar-refractivity contribution in [2.75, 3.05) is 13.2 Å². The molecule has 13 heavy (non-hydrogen) atoms. The van der Waals surface area contributed by atoms with Crippen LogP contribution in [0, 0.1) is 11.8 Å². The third kappa shape index (κ3) is 2.69. The molecule has 3 heteroatoms. The molecule has 0 aromatic rings. The van der Waals surface area contributed by atoms with Gasteiger partial charge in [-0.25, -0.2) is 0 Å². The fourth-order valence-electron chi connectivity index (χ4n) is 2.03. The van der Waals surface area contributed by atoms with E-state index in [9.17, 15) is 4.79 Å². The van der Waals surface area contributed by atoms with Crippen molar-refractivity contribution < 1.29 is 14.6 Å². The number of hydrogen-bond acceptors (Lipinski definition) is 3. The fourth-order valence-corrected chi connectivity index (χ4v) is 2.03. The highest BCUT2D eigenvalue weighted by molar-refractivity contribution is 5.72. The minimum absolute atomic E-state index is 0.0660. The van der Waals surface area contributed by atoms with Crippen LogP contribution in [-0.4, -0.2) is 24.3 Å². The lowest BCUT2D eigenvalue weighted by Gasteiger charge is -2.18. The van der Waals surface area contributed by atoms with Gasteiger partial charge in [0.25, 0.3) is 0 Å². The van der Waals surface area contributed by atoms with Crippen molar-refractivity contribution in [2.45, 2.75) is 32.6 Å². The summed E-state index contributed by atoms with van der Waals surface area (Å²) in [7, 11) is 0. The number of aliphatic hydroxyl groups excluding tert-OH is 1. The van der Waals surface area contributed by atoms with Crippen molar-refractivity contribution >= 4 is 5.97 Å². The van der Waals surface area contributed by atoms with Crippen molar-refractivity contribution in [1.29, 1.82) is 0 Å². The molecule has 0 saturated heterocycles. The van der Waals surface area contributed by atoms with E-state index in [0.29, 0.717) is 12.5 Å². The van der Waals surface area contributed by atoms with E-state index in [1.807, 2.05) is 0 Å². The van der Waals surface area contributed by atoms with Crippen LogP contribution in [0.2, 0.25) is 0 Å². The molecule has 1 aliphatic carbocycles. The van der Waals surface area contributed by atoms with Crippen LogP contribution in [0.5, 0.6) is 0 Å². The molecule has 1 aliphatic rings. The van der Waals surface area contributed by atoms with Crippen molar-refractivity contribution in [2.24, 2.45) is 11.8 Å². The van der Waals surface area contributed by atoms with Gasteiger partial charge in [-0.1, -0.05) is 12.8 Å². The Bertz CT molecular complexity index is 162. The maximum Gasteiger partial charge on any atom is 0.311 e. The highest BCUT2D eigenvalue weighted by atomic mass is 16.5. The van der Waals surface area contributed by atoms with Crippen LogP contribution in [0.1, 0.15) is 32.6 Å². The largest absolute Gasteiger partial charge is 0.466 e. The number of hydrogen-bond donors (Lipinski definition) is 1. The second-order valence-electron chi connectivity index (χ2n) is 3.59. The minimum Gasteiger partial charge on any atom is -0.466 e. The van der Waals surface area contributed by atoms with Crippen LogP contribution < -0.4 is 0 Å². The average Bonchev–Trinajstić information content (AvgIpc) is 2.59. The summed E-state index contributed by atoms with van der Waals surface area (Å²) >= 11 is 0. The Morgan fingerprint density at radius 1 is 1.54 bits per heavy atom. The summed E-state index contributed by atoms with van der Waals surface area (Å²) in [5.74, 6) is -0.150. The van der Waals surface area contributed by atoms with E-state index >= 15 is 0 Å². The molecule has 0 spiro atoms. The standard InChI is InChI=1S/C10H18O3/c1-2-13-10(12)9(7-11)8-5-3-4-6-8/h8-9,11H,2-7H2,1H3. The van der Waals surface area contributed by atoms with Gasteiger partial charge in [0.15, 0.2) is 0 Å². The van der Waals surface area contributed by atoms with Gasteiger partial charge < -0.3 is 9.84 Å². The maximum absolute atomic E-state index is 11.4. The van der Waals surface area contributed by atoms with Crippen LogP contribution >= 0.6 is 0 Å². The first-order valence-electron chi connectivity index (χ1n) is 5.07. The molecule has 1 N–H and O–H groups in total. The summed E-state index contributed by atoms with van der Waals surface area (Å²) < 4.78 is 4.91. The molecule has 0 amide bonds. The Kier molecular flexibility index (Phi) is 4.22. The Morgan fingerprint density at radius 2 is 2.15 bits per heavy atom. The number of esters is 1. The lowest BCUT2D eigenvalue weighted by molar-refractivity contribution is -0.151. The SMILES string of the molecule is CCOC(=O)C(CO)C1CCCC1. The molecule has 1 rings (SSSR count). The third-order valence-electron chi connectivity index (χ3n) is 2.75. The summed E-state index contributed by atoms with van der Waals surface area (Å²) in [5.41, 5.74) is 0. The molecule has 3 nitrogen and oxygen atoms in total. The van der Waals surface area contributed by atoms with Crippen LogP contribution in [0.4, 0.5) is 0 Å². The third-order valence-corrected chi connectivity index (χ3v) is 2.75. The lowest BCUT2D eigenvalue weighted by atomic mass is 9.92. The topological polar surface area (TPSA) is 46.5 Å². The summed E-state index contributed by atoms with van der Waals surface area (Å²) in [6, 6.07) is 0. The van der Waals surface area contributed by atoms with E-state index in [1.54, 1.807) is 6.92 Å². The molecule has 0 aliphatic heterocycles. The number of rotatable bonds is 4. The molecule has 76 valence electrons. The number of carbonyl (C=O) groups excluding carboxylic acids is 1. The Balaban J connectivity index is 2.44. The normalized spacial score (nSPS) is 20.2. The van der Waals surface area contributed by atoms with Crippen molar-refractivity contribution in [3.8, 4) is 0 Å². The average molecular weight is 186 g/mol. The molecule has 1 fully saturated rings. The molecular weight excluding hydrogens is 168 g/mol. The quantitative estimate of drug-likeness (QED) is 0.674. The van der Waals surface area contributed by atoms with Crippen molar-refractivity contribution in [1.82, 2.24) is 0 Å². The van der Waals surface area contributed by atoms with Gasteiger partial charge in [0.1, 0.15) is 0 Å². The Morgan fingerprint density at radius 3 is 2.62 bits per heavy atom. The molecule has 0 bridgehead atoms. The predicted octanol–water partition coefficient (Wildman–Crippen LogP) is 1.35. The molecular formula is C10H18O3. The molecule has 0 aromatic carbocycles. The van der Waals surface area contributed by atoms with Gasteiger partial charge in [-0.3, -0.25) is 4.79 Å². The minimum atomic E-state index is -0.276. The first kappa shape index (κ1) is 10.5. The fraction of sp³-hybridized carbons (Fsp3) is 0.900. The molecule has 1 saturated carbocycles. The zero-order chi connectivity index (χ0) is 9.68. The van der Waals surface area contributed by atoms with E-state index in [0.717, 1.165) is 12.8 Å². The van der Waals surface area contributed by atoms with E-state index in [-0.39, 0.29) is 18.5 Å². The van der Waals surface area contributed by atoms with Crippen LogP contribution in [0.3, 0.4) is 0 Å². The zero-order valence-electron chi connectivity index (χ0n) is 8.16. The lowest BCUT2D eigenvalue weighted by Crippen LogP contribution is -2.27. The van der Waals surface area contributed by atoms with Gasteiger partial charge in [0, 0.05) is 0 Å². The monoisotopic (exact) mass is 186 g/mol. The van der Waals surface area contributed by atoms with Gasteiger partial charge in [0.2, 0.25) is 0 Å². The molecule has 1 unspecified atom stereocenters. The first-order valence-corrected chi connectivity index (χ1v) is 5.07. The molecule has 0 aromatic heterocycles. The number of ether oxygens (including phenoxy) is 1. The summed E-state index contributed by atoms with van der Waals surface area (Å²) in [6.07, 6.45) is 4.48. The van der Waals surface area contributed by atoms with E-state index in [1.165, 1.54) is 12.8 Å². The van der Waals surface area contributed by atoms with Gasteiger partial charge in [0.05, 0.1) is 19.1 Å². The van der Waals surface area contributed by atoms with Gasteiger partial charge in [-0.05, 0) is 25.7 Å². The van der Waals surface area contributed by atoms with Crippen molar-refractivity contribution in [3.63, 3.8) is 0 Å². The molecule has 1 atom stereocenters. The van der Waals surface area contributed by atoms with Crippen LogP contribution in [-0.2, 0) is 9.53 Å². The summed E-state index contributed by atoms with van der Waals surface area (Å²) in [6.45, 7) is 2.13. The van der Waals surface area contributed by atoms with Gasteiger partial charge in [-0.2, -0.15) is 0 Å². The van der Waals surface area contributed by atoms with E-state index in [2.05, 4.69) is 0 Å². The maximum atomic E-state index is 11.4. The summed E-state index contributed by atoms with van der Waals surface area (Å²) in [4.78, 5) is 11.4.